The fraction of sp³-hybridized carbons (Fsp3) is 0.227. The lowest BCUT2D eigenvalue weighted by Gasteiger charge is -2.12. The molecule has 1 aromatic heterocycles. The number of pyridine rings is 1. The Morgan fingerprint density at radius 2 is 1.81 bits per heavy atom. The zero-order valence-corrected chi connectivity index (χ0v) is 16.7. The average Bonchev–Trinajstić information content (AvgIpc) is 2.62. The molecule has 0 saturated carbocycles. The van der Waals surface area contributed by atoms with E-state index in [9.17, 15) is 10.1 Å². The third-order valence-corrected chi connectivity index (χ3v) is 5.42. The Morgan fingerprint density at radius 3 is 2.48 bits per heavy atom. The summed E-state index contributed by atoms with van der Waals surface area (Å²) in [5.41, 5.74) is 6.48. The van der Waals surface area contributed by atoms with Crippen molar-refractivity contribution >= 4 is 34.3 Å². The molecule has 136 valence electrons. The molecule has 0 bridgehead atoms. The molecule has 0 aliphatic rings. The van der Waals surface area contributed by atoms with Gasteiger partial charge in [0.05, 0.1) is 16.8 Å². The number of aromatic nitrogens is 1. The second-order valence-corrected chi connectivity index (χ2v) is 7.67. The van der Waals surface area contributed by atoms with E-state index in [1.54, 1.807) is 0 Å². The number of nitrogens with one attached hydrogen (secondary N) is 1. The number of thioether (sulfide) groups is 1. The van der Waals surface area contributed by atoms with Crippen LogP contribution >= 0.6 is 11.8 Å². The molecular weight excluding hydrogens is 354 g/mol. The van der Waals surface area contributed by atoms with Gasteiger partial charge in [0.2, 0.25) is 5.91 Å². The number of amides is 1. The molecule has 27 heavy (non-hydrogen) atoms. The smallest absolute Gasteiger partial charge is 0.234 e. The van der Waals surface area contributed by atoms with Crippen LogP contribution in [0.5, 0.6) is 0 Å². The number of para-hydroxylation sites is 1. The van der Waals surface area contributed by atoms with Crippen molar-refractivity contribution in [3.8, 4) is 6.07 Å². The molecule has 0 spiro atoms. The Morgan fingerprint density at radius 1 is 1.11 bits per heavy atom. The van der Waals surface area contributed by atoms with Crippen LogP contribution in [0, 0.1) is 39.0 Å². The zero-order chi connectivity index (χ0) is 19.6. The first-order valence-electron chi connectivity index (χ1n) is 8.70. The Hall–Kier alpha value is -2.84. The van der Waals surface area contributed by atoms with E-state index in [2.05, 4.69) is 22.4 Å². The summed E-state index contributed by atoms with van der Waals surface area (Å²) in [5.74, 6) is 0.0927. The molecule has 3 aromatic rings. The van der Waals surface area contributed by atoms with E-state index in [1.807, 2.05) is 58.0 Å². The summed E-state index contributed by atoms with van der Waals surface area (Å²) in [6.45, 7) is 7.98. The molecule has 5 heteroatoms. The van der Waals surface area contributed by atoms with E-state index < -0.39 is 0 Å². The average molecular weight is 375 g/mol. The monoisotopic (exact) mass is 375 g/mol. The SMILES string of the molecule is Cc1cc(C)c2nc(SCC(=O)Nc3c(C)cccc3C)c(C#N)cc2c1. The minimum absolute atomic E-state index is 0.108. The van der Waals surface area contributed by atoms with Crippen LogP contribution < -0.4 is 5.32 Å². The lowest BCUT2D eigenvalue weighted by molar-refractivity contribution is -0.113. The summed E-state index contributed by atoms with van der Waals surface area (Å²) < 4.78 is 0. The number of anilines is 1. The van der Waals surface area contributed by atoms with Gasteiger partial charge >= 0.3 is 0 Å². The predicted octanol–water partition coefficient (Wildman–Crippen LogP) is 5.07. The highest BCUT2D eigenvalue weighted by molar-refractivity contribution is 8.00. The minimum atomic E-state index is -0.108. The molecule has 1 heterocycles. The van der Waals surface area contributed by atoms with Gasteiger partial charge in [-0.2, -0.15) is 5.26 Å². The van der Waals surface area contributed by atoms with E-state index in [1.165, 1.54) is 11.8 Å². The van der Waals surface area contributed by atoms with Crippen molar-refractivity contribution in [3.05, 3.63) is 64.2 Å². The van der Waals surface area contributed by atoms with Gasteiger partial charge in [0.1, 0.15) is 11.1 Å². The third-order valence-electron chi connectivity index (χ3n) is 4.42. The Labute approximate surface area is 163 Å². The molecule has 0 aliphatic heterocycles. The maximum atomic E-state index is 12.4. The highest BCUT2D eigenvalue weighted by atomic mass is 32.2. The minimum Gasteiger partial charge on any atom is -0.325 e. The van der Waals surface area contributed by atoms with Gasteiger partial charge in [0, 0.05) is 11.1 Å². The van der Waals surface area contributed by atoms with E-state index in [4.69, 9.17) is 0 Å². The Balaban J connectivity index is 1.82. The first-order chi connectivity index (χ1) is 12.9. The maximum absolute atomic E-state index is 12.4. The molecule has 0 saturated heterocycles. The molecule has 1 N–H and O–H groups in total. The van der Waals surface area contributed by atoms with Gasteiger partial charge in [-0.1, -0.05) is 41.6 Å². The second kappa shape index (κ2) is 7.81. The molecule has 4 nitrogen and oxygen atoms in total. The fourth-order valence-corrected chi connectivity index (χ4v) is 3.90. The van der Waals surface area contributed by atoms with Crippen molar-refractivity contribution in [2.75, 3.05) is 11.1 Å². The van der Waals surface area contributed by atoms with Crippen LogP contribution in [0.1, 0.15) is 27.8 Å². The molecular formula is C22H21N3OS. The van der Waals surface area contributed by atoms with Crippen molar-refractivity contribution in [3.63, 3.8) is 0 Å². The fourth-order valence-electron chi connectivity index (χ4n) is 3.15. The number of benzene rings is 2. The van der Waals surface area contributed by atoms with Crippen LogP contribution in [0.2, 0.25) is 0 Å². The van der Waals surface area contributed by atoms with Gasteiger partial charge in [-0.25, -0.2) is 4.98 Å². The lowest BCUT2D eigenvalue weighted by atomic mass is 10.1. The molecule has 0 aliphatic carbocycles. The Kier molecular flexibility index (Phi) is 5.48. The summed E-state index contributed by atoms with van der Waals surface area (Å²) in [6, 6.07) is 14.1. The van der Waals surface area contributed by atoms with Crippen LogP contribution in [0.3, 0.4) is 0 Å². The van der Waals surface area contributed by atoms with Crippen LogP contribution in [0.4, 0.5) is 5.69 Å². The summed E-state index contributed by atoms with van der Waals surface area (Å²) >= 11 is 1.29. The molecule has 2 aromatic carbocycles. The predicted molar refractivity (Wildman–Crippen MR) is 111 cm³/mol. The van der Waals surface area contributed by atoms with Gasteiger partial charge in [-0.3, -0.25) is 4.79 Å². The van der Waals surface area contributed by atoms with Crippen LogP contribution in [-0.2, 0) is 4.79 Å². The topological polar surface area (TPSA) is 65.8 Å². The van der Waals surface area contributed by atoms with Crippen LogP contribution in [0.15, 0.2) is 41.4 Å². The van der Waals surface area contributed by atoms with Gasteiger partial charge in [0.15, 0.2) is 0 Å². The number of rotatable bonds is 4. The maximum Gasteiger partial charge on any atom is 0.234 e. The van der Waals surface area contributed by atoms with Gasteiger partial charge in [0.25, 0.3) is 0 Å². The summed E-state index contributed by atoms with van der Waals surface area (Å²) in [4.78, 5) is 17.1. The van der Waals surface area contributed by atoms with Crippen LogP contribution in [-0.4, -0.2) is 16.6 Å². The number of hydrogen-bond donors (Lipinski definition) is 1. The number of hydrogen-bond acceptors (Lipinski definition) is 4. The molecule has 0 atom stereocenters. The Bertz CT molecular complexity index is 1060. The number of fused-ring (bicyclic) bond motifs is 1. The number of carbonyl (C=O) groups excluding carboxylic acids is 1. The van der Waals surface area contributed by atoms with E-state index in [0.29, 0.717) is 10.6 Å². The van der Waals surface area contributed by atoms with Crippen molar-refractivity contribution in [1.29, 1.82) is 5.26 Å². The van der Waals surface area contributed by atoms with Crippen molar-refractivity contribution in [2.24, 2.45) is 0 Å². The van der Waals surface area contributed by atoms with Crippen molar-refractivity contribution in [2.45, 2.75) is 32.7 Å². The number of aryl methyl sites for hydroxylation is 4. The first-order valence-corrected chi connectivity index (χ1v) is 9.68. The lowest BCUT2D eigenvalue weighted by Crippen LogP contribution is -2.16. The van der Waals surface area contributed by atoms with Gasteiger partial charge in [-0.15, -0.1) is 0 Å². The number of nitriles is 1. The van der Waals surface area contributed by atoms with Crippen molar-refractivity contribution in [1.82, 2.24) is 4.98 Å². The van der Waals surface area contributed by atoms with Gasteiger partial charge < -0.3 is 5.32 Å². The third kappa shape index (κ3) is 4.12. The highest BCUT2D eigenvalue weighted by Gasteiger charge is 2.13. The van der Waals surface area contributed by atoms with E-state index in [-0.39, 0.29) is 11.7 Å². The normalized spacial score (nSPS) is 10.6. The molecule has 3 rings (SSSR count). The quantitative estimate of drug-likeness (QED) is 0.647. The van der Waals surface area contributed by atoms with E-state index >= 15 is 0 Å². The molecule has 0 fully saturated rings. The first kappa shape index (κ1) is 18.9. The summed E-state index contributed by atoms with van der Waals surface area (Å²) in [6.07, 6.45) is 0. The standard InChI is InChI=1S/C22H21N3OS/c1-13-8-16(4)21-17(9-13)10-18(11-23)22(25-21)27-12-19(26)24-20-14(2)6-5-7-15(20)3/h5-10H,12H2,1-4H3,(H,24,26). The molecule has 1 amide bonds. The molecule has 0 unspecified atom stereocenters. The van der Waals surface area contributed by atoms with Crippen LogP contribution in [0.25, 0.3) is 10.9 Å². The zero-order valence-electron chi connectivity index (χ0n) is 15.9. The molecule has 0 radical (unpaired) electrons. The number of nitrogens with zero attached hydrogens (tertiary/aromatic N) is 2. The second-order valence-electron chi connectivity index (χ2n) is 6.71. The largest absolute Gasteiger partial charge is 0.325 e. The highest BCUT2D eigenvalue weighted by Crippen LogP contribution is 2.27. The van der Waals surface area contributed by atoms with Gasteiger partial charge in [-0.05, 0) is 56.5 Å². The summed E-state index contributed by atoms with van der Waals surface area (Å²) in [5, 5.41) is 14.0. The number of carbonyl (C=O) groups is 1. The van der Waals surface area contributed by atoms with Crippen molar-refractivity contribution < 1.29 is 4.79 Å². The van der Waals surface area contributed by atoms with E-state index in [0.717, 1.165) is 38.8 Å². The summed E-state index contributed by atoms with van der Waals surface area (Å²) in [7, 11) is 0.